The summed E-state index contributed by atoms with van der Waals surface area (Å²) in [7, 11) is -2.55. The molecule has 2 aromatic carbocycles. The number of carbonyl (C=O) groups is 1. The van der Waals surface area contributed by atoms with Crippen molar-refractivity contribution in [3.05, 3.63) is 68.9 Å². The molecule has 0 saturated carbocycles. The van der Waals surface area contributed by atoms with Crippen molar-refractivity contribution < 1.29 is 22.9 Å². The number of halogens is 1. The predicted octanol–water partition coefficient (Wildman–Crippen LogP) is 5.09. The maximum Gasteiger partial charge on any atom is 0.274 e. The Balaban J connectivity index is 2.22. The maximum absolute atomic E-state index is 13.2. The Morgan fingerprint density at radius 3 is 2.58 bits per heavy atom. The van der Waals surface area contributed by atoms with Crippen molar-refractivity contribution in [3.63, 3.8) is 0 Å². The summed E-state index contributed by atoms with van der Waals surface area (Å²) in [5.74, 6) is -0.446. The number of ether oxygens (including phenoxy) is 1. The van der Waals surface area contributed by atoms with Crippen LogP contribution in [-0.4, -0.2) is 53.6 Å². The van der Waals surface area contributed by atoms with Crippen LogP contribution >= 0.6 is 11.6 Å². The van der Waals surface area contributed by atoms with Gasteiger partial charge in [-0.25, -0.2) is 13.1 Å². The average Bonchev–Trinajstić information content (AvgIpc) is 3.19. The number of rotatable bonds is 11. The summed E-state index contributed by atoms with van der Waals surface area (Å²) in [6.07, 6.45) is 1.24. The lowest BCUT2D eigenvalue weighted by atomic mass is 10.2. The van der Waals surface area contributed by atoms with Crippen molar-refractivity contribution in [3.8, 4) is 17.3 Å². The molecule has 0 aliphatic rings. The van der Waals surface area contributed by atoms with Gasteiger partial charge in [0, 0.05) is 42.4 Å². The molecule has 0 bridgehead atoms. The number of nitrogens with zero attached hydrogens (tertiary/aromatic N) is 4. The maximum atomic E-state index is 13.2. The van der Waals surface area contributed by atoms with Crippen molar-refractivity contribution in [2.45, 2.75) is 51.5 Å². The van der Waals surface area contributed by atoms with Gasteiger partial charge in [0.15, 0.2) is 5.69 Å². The highest BCUT2D eigenvalue weighted by molar-refractivity contribution is 7.89. The third kappa shape index (κ3) is 6.32. The highest BCUT2D eigenvalue weighted by Gasteiger charge is 2.29. The molecule has 3 rings (SSSR count). The zero-order valence-corrected chi connectivity index (χ0v) is 23.3. The summed E-state index contributed by atoms with van der Waals surface area (Å²) in [5, 5.41) is 16.3. The molecule has 3 aromatic rings. The molecule has 1 aromatic heterocycles. The van der Waals surface area contributed by atoms with E-state index in [1.165, 1.54) is 15.6 Å². The number of nitro benzene ring substituents is 1. The highest BCUT2D eigenvalue weighted by atomic mass is 35.5. The van der Waals surface area contributed by atoms with Gasteiger partial charge in [-0.15, -0.1) is 0 Å². The Hall–Kier alpha value is -3.48. The largest absolute Gasteiger partial charge is 0.437 e. The van der Waals surface area contributed by atoms with E-state index in [9.17, 15) is 23.3 Å². The molecule has 1 amide bonds. The number of aromatic nitrogens is 2. The summed E-state index contributed by atoms with van der Waals surface area (Å²) in [4.78, 5) is 25.0. The number of sulfonamides is 1. The van der Waals surface area contributed by atoms with E-state index in [1.807, 2.05) is 6.92 Å². The number of amides is 1. The van der Waals surface area contributed by atoms with Crippen LogP contribution in [-0.2, 0) is 10.0 Å². The van der Waals surface area contributed by atoms with Gasteiger partial charge in [0.05, 0.1) is 10.6 Å². The average molecular weight is 564 g/mol. The normalized spacial score (nSPS) is 12.3. The smallest absolute Gasteiger partial charge is 0.274 e. The van der Waals surface area contributed by atoms with Gasteiger partial charge in [0.2, 0.25) is 15.9 Å². The van der Waals surface area contributed by atoms with E-state index in [1.54, 1.807) is 52.1 Å². The Bertz CT molecular complexity index is 1460. The molecule has 1 atom stereocenters. The van der Waals surface area contributed by atoms with Gasteiger partial charge in [-0.3, -0.25) is 14.9 Å². The van der Waals surface area contributed by atoms with Gasteiger partial charge in [-0.1, -0.05) is 31.5 Å². The van der Waals surface area contributed by atoms with E-state index in [2.05, 4.69) is 9.82 Å². The van der Waals surface area contributed by atoms with Crippen LogP contribution in [0.15, 0.2) is 47.4 Å². The fraction of sp³-hybridized carbons (Fsp3) is 0.360. The van der Waals surface area contributed by atoms with Gasteiger partial charge < -0.3 is 9.64 Å². The zero-order chi connectivity index (χ0) is 28.2. The van der Waals surface area contributed by atoms with Crippen LogP contribution in [0.2, 0.25) is 5.02 Å². The number of nitro groups is 1. The van der Waals surface area contributed by atoms with Crippen LogP contribution in [0, 0.1) is 17.0 Å². The van der Waals surface area contributed by atoms with Gasteiger partial charge in [0.1, 0.15) is 10.6 Å². The first-order valence-electron chi connectivity index (χ1n) is 12.0. The van der Waals surface area contributed by atoms with Crippen LogP contribution in [0.25, 0.3) is 5.69 Å². The summed E-state index contributed by atoms with van der Waals surface area (Å²) >= 11 is 6.19. The standard InChI is InChI=1S/C25H30ClN5O6S/c1-6-13-29(5)24(32)23-17(4)25(30(27-23)19-10-8-9-18(26)14-19)37-21-12-11-20(31(33)34)15-22(21)38(35,36)28-16(3)7-2/h8-12,14-16,28H,6-7,13H2,1-5H3. The molecule has 11 nitrogen and oxygen atoms in total. The van der Waals surface area contributed by atoms with Gasteiger partial charge in [-0.05, 0) is 51.0 Å². The number of hydrogen-bond donors (Lipinski definition) is 1. The molecule has 0 spiro atoms. The molecule has 1 heterocycles. The van der Waals surface area contributed by atoms with Crippen LogP contribution in [0.1, 0.15) is 49.7 Å². The number of benzene rings is 2. The van der Waals surface area contributed by atoms with E-state index >= 15 is 0 Å². The summed E-state index contributed by atoms with van der Waals surface area (Å²) in [6.45, 7) is 7.56. The van der Waals surface area contributed by atoms with Crippen molar-refractivity contribution >= 4 is 33.2 Å². The quantitative estimate of drug-likeness (QED) is 0.253. The topological polar surface area (TPSA) is 137 Å². The Morgan fingerprint density at radius 1 is 1.26 bits per heavy atom. The number of non-ortho nitro benzene ring substituents is 1. The van der Waals surface area contributed by atoms with E-state index in [0.29, 0.717) is 29.2 Å². The van der Waals surface area contributed by atoms with Gasteiger partial charge >= 0.3 is 0 Å². The SMILES string of the molecule is CCCN(C)C(=O)c1nn(-c2cccc(Cl)c2)c(Oc2ccc([N+](=O)[O-])cc2S(=O)(=O)NC(C)CC)c1C. The fourth-order valence-corrected chi connectivity index (χ4v) is 5.28. The molecule has 0 radical (unpaired) electrons. The minimum absolute atomic E-state index is 0.0642. The Morgan fingerprint density at radius 2 is 1.97 bits per heavy atom. The first kappa shape index (κ1) is 29.1. The first-order chi connectivity index (χ1) is 17.9. The molecule has 0 fully saturated rings. The Labute approximate surface area is 226 Å². The molecule has 38 heavy (non-hydrogen) atoms. The zero-order valence-electron chi connectivity index (χ0n) is 21.8. The van der Waals surface area contributed by atoms with Crippen molar-refractivity contribution in [1.82, 2.24) is 19.4 Å². The lowest BCUT2D eigenvalue weighted by molar-refractivity contribution is -0.385. The molecule has 1 N–H and O–H groups in total. The van der Waals surface area contributed by atoms with E-state index in [0.717, 1.165) is 18.6 Å². The summed E-state index contributed by atoms with van der Waals surface area (Å²) < 4.78 is 36.4. The molecule has 0 saturated heterocycles. The van der Waals surface area contributed by atoms with Crippen LogP contribution in [0.5, 0.6) is 11.6 Å². The minimum atomic E-state index is -4.21. The van der Waals surface area contributed by atoms with Crippen LogP contribution in [0.4, 0.5) is 5.69 Å². The second-order valence-electron chi connectivity index (χ2n) is 8.82. The molecule has 0 aliphatic heterocycles. The van der Waals surface area contributed by atoms with E-state index in [4.69, 9.17) is 16.3 Å². The van der Waals surface area contributed by atoms with Crippen molar-refractivity contribution in [2.75, 3.05) is 13.6 Å². The molecular weight excluding hydrogens is 534 g/mol. The number of nitrogens with one attached hydrogen (secondary N) is 1. The van der Waals surface area contributed by atoms with Gasteiger partial charge in [0.25, 0.3) is 11.6 Å². The van der Waals surface area contributed by atoms with E-state index < -0.39 is 31.6 Å². The molecule has 13 heteroatoms. The van der Waals surface area contributed by atoms with Crippen molar-refractivity contribution in [1.29, 1.82) is 0 Å². The predicted molar refractivity (Wildman–Crippen MR) is 144 cm³/mol. The van der Waals surface area contributed by atoms with Crippen LogP contribution in [0.3, 0.4) is 0 Å². The molecule has 1 unspecified atom stereocenters. The molecule has 0 aliphatic carbocycles. The lowest BCUT2D eigenvalue weighted by Gasteiger charge is -2.16. The third-order valence-electron chi connectivity index (χ3n) is 5.83. The number of hydrogen-bond acceptors (Lipinski definition) is 7. The van der Waals surface area contributed by atoms with Gasteiger partial charge in [-0.2, -0.15) is 9.78 Å². The van der Waals surface area contributed by atoms with Crippen LogP contribution < -0.4 is 9.46 Å². The molecular formula is C25H30ClN5O6S. The summed E-state index contributed by atoms with van der Waals surface area (Å²) in [5.41, 5.74) is 0.519. The second kappa shape index (κ2) is 11.9. The Kier molecular flexibility index (Phi) is 9.13. The van der Waals surface area contributed by atoms with E-state index in [-0.39, 0.29) is 23.2 Å². The monoisotopic (exact) mass is 563 g/mol. The first-order valence-corrected chi connectivity index (χ1v) is 13.8. The minimum Gasteiger partial charge on any atom is -0.437 e. The molecule has 204 valence electrons. The summed E-state index contributed by atoms with van der Waals surface area (Å²) in [6, 6.07) is 9.55. The third-order valence-corrected chi connectivity index (χ3v) is 7.68. The second-order valence-corrected chi connectivity index (χ2v) is 10.9. The van der Waals surface area contributed by atoms with Crippen molar-refractivity contribution in [2.24, 2.45) is 0 Å². The fourth-order valence-electron chi connectivity index (χ4n) is 3.62. The highest BCUT2D eigenvalue weighted by Crippen LogP contribution is 2.36. The lowest BCUT2D eigenvalue weighted by Crippen LogP contribution is -2.32. The number of carbonyl (C=O) groups excluding carboxylic acids is 1.